The molecule has 4 aromatic rings. The zero-order valence-corrected chi connectivity index (χ0v) is 18.5. The van der Waals surface area contributed by atoms with Crippen LogP contribution in [0, 0.1) is 13.8 Å². The molecule has 0 unspecified atom stereocenters. The van der Waals surface area contributed by atoms with Crippen LogP contribution in [-0.4, -0.2) is 38.0 Å². The number of nitrogens with zero attached hydrogens (tertiary/aromatic N) is 6. The molecule has 0 spiro atoms. The third-order valence-corrected chi connectivity index (χ3v) is 6.39. The minimum absolute atomic E-state index is 0.531. The normalized spacial score (nSPS) is 13.8. The minimum Gasteiger partial charge on any atom is -0.341 e. The van der Waals surface area contributed by atoms with Crippen LogP contribution in [-0.2, 0) is 5.75 Å². The fourth-order valence-corrected chi connectivity index (χ4v) is 4.55. The number of aromatic nitrogens is 5. The summed E-state index contributed by atoms with van der Waals surface area (Å²) in [4.78, 5) is 6.89. The molecule has 2 aromatic heterocycles. The van der Waals surface area contributed by atoms with Gasteiger partial charge in [0.15, 0.2) is 5.16 Å². The zero-order chi connectivity index (χ0) is 21.2. The molecular formula is C23H24N6OS. The number of thioether (sulfide) groups is 1. The first-order chi connectivity index (χ1) is 15.2. The number of anilines is 1. The van der Waals surface area contributed by atoms with Gasteiger partial charge in [0.1, 0.15) is 0 Å². The van der Waals surface area contributed by atoms with Crippen molar-refractivity contribution in [1.82, 2.24) is 24.9 Å². The topological polar surface area (TPSA) is 72.9 Å². The highest BCUT2D eigenvalue weighted by Gasteiger charge is 2.23. The SMILES string of the molecule is Cc1ccc(-n2c(SCc3nc(-c4ccccc4C)no3)nnc2N2CCCC2)cc1. The van der Waals surface area contributed by atoms with Gasteiger partial charge in [0.05, 0.1) is 11.4 Å². The highest BCUT2D eigenvalue weighted by molar-refractivity contribution is 7.98. The van der Waals surface area contributed by atoms with Crippen LogP contribution in [0.4, 0.5) is 5.95 Å². The third-order valence-electron chi connectivity index (χ3n) is 5.48. The van der Waals surface area contributed by atoms with Gasteiger partial charge < -0.3 is 9.42 Å². The molecule has 1 fully saturated rings. The Morgan fingerprint density at radius 3 is 2.52 bits per heavy atom. The summed E-state index contributed by atoms with van der Waals surface area (Å²) in [5.41, 5.74) is 4.40. The molecule has 5 rings (SSSR count). The van der Waals surface area contributed by atoms with E-state index in [1.165, 1.54) is 18.4 Å². The van der Waals surface area contributed by atoms with Gasteiger partial charge >= 0.3 is 0 Å². The lowest BCUT2D eigenvalue weighted by Gasteiger charge is -2.18. The first kappa shape index (κ1) is 19.8. The Labute approximate surface area is 185 Å². The maximum atomic E-state index is 5.51. The Balaban J connectivity index is 1.41. The van der Waals surface area contributed by atoms with Crippen LogP contribution in [0.3, 0.4) is 0 Å². The van der Waals surface area contributed by atoms with Crippen molar-refractivity contribution in [3.05, 3.63) is 65.5 Å². The summed E-state index contributed by atoms with van der Waals surface area (Å²) in [6.45, 7) is 6.16. The van der Waals surface area contributed by atoms with Crippen molar-refractivity contribution in [2.45, 2.75) is 37.6 Å². The molecular weight excluding hydrogens is 408 g/mol. The van der Waals surface area contributed by atoms with E-state index in [-0.39, 0.29) is 0 Å². The Bertz CT molecular complexity index is 1180. The minimum atomic E-state index is 0.531. The second-order valence-electron chi connectivity index (χ2n) is 7.76. The van der Waals surface area contributed by atoms with E-state index in [4.69, 9.17) is 4.52 Å². The van der Waals surface area contributed by atoms with Crippen molar-refractivity contribution in [2.75, 3.05) is 18.0 Å². The number of hydrogen-bond donors (Lipinski definition) is 0. The van der Waals surface area contributed by atoms with Gasteiger partial charge in [-0.25, -0.2) is 0 Å². The van der Waals surface area contributed by atoms with E-state index in [9.17, 15) is 0 Å². The molecule has 31 heavy (non-hydrogen) atoms. The molecule has 8 heteroatoms. The first-order valence-electron chi connectivity index (χ1n) is 10.5. The van der Waals surface area contributed by atoms with Gasteiger partial charge in [-0.3, -0.25) is 4.57 Å². The zero-order valence-electron chi connectivity index (χ0n) is 17.7. The lowest BCUT2D eigenvalue weighted by Crippen LogP contribution is -2.22. The summed E-state index contributed by atoms with van der Waals surface area (Å²) in [5, 5.41) is 14.0. The quantitative estimate of drug-likeness (QED) is 0.404. The van der Waals surface area contributed by atoms with Crippen LogP contribution >= 0.6 is 11.8 Å². The molecule has 1 saturated heterocycles. The van der Waals surface area contributed by atoms with Crippen LogP contribution in [0.15, 0.2) is 58.2 Å². The van der Waals surface area contributed by atoms with E-state index in [2.05, 4.69) is 61.0 Å². The fraction of sp³-hybridized carbons (Fsp3) is 0.304. The lowest BCUT2D eigenvalue weighted by atomic mass is 10.1. The van der Waals surface area contributed by atoms with E-state index in [1.54, 1.807) is 11.8 Å². The van der Waals surface area contributed by atoms with Crippen LogP contribution in [0.1, 0.15) is 29.9 Å². The Hall–Kier alpha value is -3.13. The molecule has 7 nitrogen and oxygen atoms in total. The molecule has 0 bridgehead atoms. The molecule has 0 radical (unpaired) electrons. The maximum Gasteiger partial charge on any atom is 0.237 e. The van der Waals surface area contributed by atoms with Crippen LogP contribution in [0.5, 0.6) is 0 Å². The number of benzene rings is 2. The maximum absolute atomic E-state index is 5.51. The fourth-order valence-electron chi connectivity index (χ4n) is 3.77. The summed E-state index contributed by atoms with van der Waals surface area (Å²) < 4.78 is 7.65. The third kappa shape index (κ3) is 4.07. The van der Waals surface area contributed by atoms with E-state index in [0.717, 1.165) is 41.0 Å². The molecule has 0 saturated carbocycles. The number of hydrogen-bond acceptors (Lipinski definition) is 7. The van der Waals surface area contributed by atoms with Gasteiger partial charge in [0.2, 0.25) is 17.7 Å². The van der Waals surface area contributed by atoms with E-state index < -0.39 is 0 Å². The lowest BCUT2D eigenvalue weighted by molar-refractivity contribution is 0.391. The second-order valence-corrected chi connectivity index (χ2v) is 8.71. The smallest absolute Gasteiger partial charge is 0.237 e. The second kappa shape index (κ2) is 8.55. The average Bonchev–Trinajstić information content (AvgIpc) is 3.53. The molecule has 3 heterocycles. The predicted molar refractivity (Wildman–Crippen MR) is 122 cm³/mol. The van der Waals surface area contributed by atoms with E-state index >= 15 is 0 Å². The van der Waals surface area contributed by atoms with Gasteiger partial charge in [-0.05, 0) is 44.4 Å². The van der Waals surface area contributed by atoms with Crippen molar-refractivity contribution in [3.8, 4) is 17.1 Å². The molecule has 2 aromatic carbocycles. The standard InChI is InChI=1S/C23H24N6OS/c1-16-9-11-18(12-10-16)29-22(28-13-5-6-14-28)25-26-23(29)31-15-20-24-21(27-30-20)19-8-4-3-7-17(19)2/h3-4,7-12H,5-6,13-15H2,1-2H3. The molecule has 1 aliphatic rings. The summed E-state index contributed by atoms with van der Waals surface area (Å²) >= 11 is 1.56. The summed E-state index contributed by atoms with van der Waals surface area (Å²) in [6, 6.07) is 16.5. The van der Waals surface area contributed by atoms with Gasteiger partial charge in [0.25, 0.3) is 0 Å². The van der Waals surface area contributed by atoms with Crippen LogP contribution < -0.4 is 4.90 Å². The molecule has 0 atom stereocenters. The van der Waals surface area contributed by atoms with Crippen molar-refractivity contribution < 1.29 is 4.52 Å². The Kier molecular flexibility index (Phi) is 5.46. The van der Waals surface area contributed by atoms with Crippen molar-refractivity contribution >= 4 is 17.7 Å². The van der Waals surface area contributed by atoms with Crippen molar-refractivity contribution in [1.29, 1.82) is 0 Å². The molecule has 1 aliphatic heterocycles. The highest BCUT2D eigenvalue weighted by atomic mass is 32.2. The molecule has 0 N–H and O–H groups in total. The monoisotopic (exact) mass is 432 g/mol. The number of aryl methyl sites for hydroxylation is 2. The molecule has 0 aliphatic carbocycles. The van der Waals surface area contributed by atoms with Gasteiger partial charge in [0, 0.05) is 18.7 Å². The van der Waals surface area contributed by atoms with Gasteiger partial charge in [-0.1, -0.05) is 58.9 Å². The van der Waals surface area contributed by atoms with Crippen LogP contribution in [0.25, 0.3) is 17.1 Å². The van der Waals surface area contributed by atoms with E-state index in [0.29, 0.717) is 17.5 Å². The highest BCUT2D eigenvalue weighted by Crippen LogP contribution is 2.30. The average molecular weight is 433 g/mol. The molecule has 0 amide bonds. The van der Waals surface area contributed by atoms with E-state index in [1.807, 2.05) is 31.2 Å². The van der Waals surface area contributed by atoms with Crippen molar-refractivity contribution in [3.63, 3.8) is 0 Å². The van der Waals surface area contributed by atoms with Gasteiger partial charge in [-0.15, -0.1) is 10.2 Å². The Morgan fingerprint density at radius 1 is 0.968 bits per heavy atom. The predicted octanol–water partition coefficient (Wildman–Crippen LogP) is 4.83. The number of rotatable bonds is 6. The summed E-state index contributed by atoms with van der Waals surface area (Å²) in [6.07, 6.45) is 2.37. The van der Waals surface area contributed by atoms with Crippen molar-refractivity contribution in [2.24, 2.45) is 0 Å². The van der Waals surface area contributed by atoms with Gasteiger partial charge in [-0.2, -0.15) is 4.98 Å². The Morgan fingerprint density at radius 2 is 1.74 bits per heavy atom. The largest absolute Gasteiger partial charge is 0.341 e. The summed E-state index contributed by atoms with van der Waals surface area (Å²) in [5.74, 6) is 2.62. The summed E-state index contributed by atoms with van der Waals surface area (Å²) in [7, 11) is 0. The van der Waals surface area contributed by atoms with Crippen LogP contribution in [0.2, 0.25) is 0 Å². The first-order valence-corrected chi connectivity index (χ1v) is 11.5. The molecule has 158 valence electrons.